The number of aryl methyl sites for hydroxylation is 2. The summed E-state index contributed by atoms with van der Waals surface area (Å²) in [6.45, 7) is 1.95. The van der Waals surface area contributed by atoms with Crippen LogP contribution in [0.2, 0.25) is 0 Å². The summed E-state index contributed by atoms with van der Waals surface area (Å²) in [5.41, 5.74) is 4.44. The first kappa shape index (κ1) is 30.3. The van der Waals surface area contributed by atoms with Crippen molar-refractivity contribution in [1.29, 1.82) is 0 Å². The number of aromatic amines is 1. The largest absolute Gasteiger partial charge is 0.481 e. The molecule has 15 nitrogen and oxygen atoms in total. The molecule has 0 aliphatic rings. The van der Waals surface area contributed by atoms with Crippen LogP contribution >= 0.6 is 0 Å². The molecule has 5 rings (SSSR count). The first-order valence-electron chi connectivity index (χ1n) is 13.7. The van der Waals surface area contributed by atoms with E-state index < -0.39 is 23.6 Å². The Morgan fingerprint density at radius 3 is 2.58 bits per heavy atom. The highest BCUT2D eigenvalue weighted by Crippen LogP contribution is 2.24. The minimum absolute atomic E-state index is 0.248. The molecule has 5 aromatic rings. The number of aromatic nitrogens is 8. The van der Waals surface area contributed by atoms with E-state index >= 15 is 0 Å². The smallest absolute Gasteiger partial charge is 0.411 e. The molecule has 15 heteroatoms. The molecule has 45 heavy (non-hydrogen) atoms. The summed E-state index contributed by atoms with van der Waals surface area (Å²) in [4.78, 5) is 37.7. The molecule has 0 radical (unpaired) electrons. The van der Waals surface area contributed by atoms with Crippen molar-refractivity contribution in [1.82, 2.24) is 45.5 Å². The molecular weight excluding hydrogens is 580 g/mol. The van der Waals surface area contributed by atoms with Gasteiger partial charge < -0.3 is 14.8 Å². The van der Waals surface area contributed by atoms with E-state index in [9.17, 15) is 14.4 Å². The molecule has 0 fully saturated rings. The fourth-order valence-electron chi connectivity index (χ4n) is 4.63. The number of anilines is 1. The third-order valence-electron chi connectivity index (χ3n) is 6.83. The van der Waals surface area contributed by atoms with Gasteiger partial charge in [0, 0.05) is 36.9 Å². The number of methoxy groups -OCH3 is 2. The maximum absolute atomic E-state index is 13.3. The standard InChI is InChI=1S/C30H30N10O5/c1-18-5-11-26(40-17-31-37-38-40)20(13-18)8-12-27(41)33-24(14-22-15-28(44-3)39(2)36-22)25-16-23(29(42)35-34-25)19-6-9-21(10-7-19)32-30(43)45-4/h5-13,15-17,24H,14H2,1-4H3,(H,32,43)(H,33,41)(H,35,42)/b12-8+/t24-/m0/s1. The quantitative estimate of drug-likeness (QED) is 0.199. The van der Waals surface area contributed by atoms with Crippen LogP contribution in [0, 0.1) is 6.92 Å². The Bertz CT molecular complexity index is 1900. The van der Waals surface area contributed by atoms with Gasteiger partial charge in [0.05, 0.1) is 42.9 Å². The molecule has 230 valence electrons. The second kappa shape index (κ2) is 13.5. The molecule has 3 heterocycles. The van der Waals surface area contributed by atoms with E-state index in [1.165, 1.54) is 24.2 Å². The molecule has 3 N–H and O–H groups in total. The van der Waals surface area contributed by atoms with Gasteiger partial charge in [-0.1, -0.05) is 23.8 Å². The topological polar surface area (TPSA) is 184 Å². The van der Waals surface area contributed by atoms with E-state index in [0.29, 0.717) is 39.8 Å². The van der Waals surface area contributed by atoms with Gasteiger partial charge in [0.25, 0.3) is 5.56 Å². The molecule has 0 unspecified atom stereocenters. The van der Waals surface area contributed by atoms with Gasteiger partial charge in [0.1, 0.15) is 6.33 Å². The zero-order chi connectivity index (χ0) is 31.9. The van der Waals surface area contributed by atoms with E-state index in [1.54, 1.807) is 61.3 Å². The van der Waals surface area contributed by atoms with Crippen LogP contribution in [-0.2, 0) is 23.0 Å². The number of nitrogens with one attached hydrogen (secondary N) is 3. The minimum Gasteiger partial charge on any atom is -0.481 e. The Balaban J connectivity index is 1.45. The maximum atomic E-state index is 13.3. The zero-order valence-electron chi connectivity index (χ0n) is 24.9. The van der Waals surface area contributed by atoms with Crippen molar-refractivity contribution in [2.45, 2.75) is 19.4 Å². The van der Waals surface area contributed by atoms with E-state index in [0.717, 1.165) is 11.1 Å². The predicted octanol–water partition coefficient (Wildman–Crippen LogP) is 2.75. The van der Waals surface area contributed by atoms with Crippen LogP contribution in [0.1, 0.15) is 28.6 Å². The van der Waals surface area contributed by atoms with Crippen LogP contribution in [-0.4, -0.2) is 66.4 Å². The molecule has 2 amide bonds. The molecule has 0 spiro atoms. The Hall–Kier alpha value is -6.12. The van der Waals surface area contributed by atoms with Crippen molar-refractivity contribution in [2.75, 3.05) is 19.5 Å². The number of H-pyrrole nitrogens is 1. The summed E-state index contributed by atoms with van der Waals surface area (Å²) >= 11 is 0. The highest BCUT2D eigenvalue weighted by molar-refractivity contribution is 5.92. The van der Waals surface area contributed by atoms with Gasteiger partial charge in [-0.25, -0.2) is 14.6 Å². The molecule has 3 aromatic heterocycles. The maximum Gasteiger partial charge on any atom is 0.411 e. The number of rotatable bonds is 10. The number of hydrogen-bond donors (Lipinski definition) is 3. The van der Waals surface area contributed by atoms with Crippen molar-refractivity contribution in [2.24, 2.45) is 7.05 Å². The number of ether oxygens (including phenoxy) is 2. The van der Waals surface area contributed by atoms with Crippen molar-refractivity contribution in [3.8, 4) is 22.7 Å². The van der Waals surface area contributed by atoms with Crippen LogP contribution in [0.4, 0.5) is 10.5 Å². The number of hydrogen-bond acceptors (Lipinski definition) is 10. The van der Waals surface area contributed by atoms with E-state index in [-0.39, 0.29) is 6.42 Å². The van der Waals surface area contributed by atoms with Crippen LogP contribution in [0.15, 0.2) is 71.8 Å². The van der Waals surface area contributed by atoms with Gasteiger partial charge >= 0.3 is 6.09 Å². The normalized spacial score (nSPS) is 11.7. The number of tetrazole rings is 1. The Morgan fingerprint density at radius 2 is 1.89 bits per heavy atom. The van der Waals surface area contributed by atoms with Crippen molar-refractivity contribution >= 4 is 23.8 Å². The van der Waals surface area contributed by atoms with Gasteiger partial charge in [0.15, 0.2) is 0 Å². The Kier molecular flexibility index (Phi) is 9.07. The Labute approximate surface area is 256 Å². The number of nitrogens with zero attached hydrogens (tertiary/aromatic N) is 7. The molecule has 2 aromatic carbocycles. The van der Waals surface area contributed by atoms with Crippen LogP contribution in [0.25, 0.3) is 22.9 Å². The summed E-state index contributed by atoms with van der Waals surface area (Å²) in [6.07, 6.45) is 4.20. The first-order valence-corrected chi connectivity index (χ1v) is 13.7. The molecule has 0 bridgehead atoms. The number of carbonyl (C=O) groups is 2. The van der Waals surface area contributed by atoms with Gasteiger partial charge in [-0.05, 0) is 59.3 Å². The summed E-state index contributed by atoms with van der Waals surface area (Å²) in [5, 5.41) is 28.2. The number of amides is 2. The van der Waals surface area contributed by atoms with Gasteiger partial charge in [-0.3, -0.25) is 14.9 Å². The molecule has 0 aliphatic heterocycles. The lowest BCUT2D eigenvalue weighted by atomic mass is 10.0. The molecule has 1 atom stereocenters. The van der Waals surface area contributed by atoms with Gasteiger partial charge in [-0.2, -0.15) is 14.9 Å². The highest BCUT2D eigenvalue weighted by atomic mass is 16.5. The Morgan fingerprint density at radius 1 is 1.09 bits per heavy atom. The highest BCUT2D eigenvalue weighted by Gasteiger charge is 2.21. The van der Waals surface area contributed by atoms with E-state index in [1.807, 2.05) is 25.1 Å². The van der Waals surface area contributed by atoms with Crippen LogP contribution < -0.4 is 20.9 Å². The molecule has 0 saturated carbocycles. The van der Waals surface area contributed by atoms with Crippen molar-refractivity contribution in [3.05, 3.63) is 99.9 Å². The van der Waals surface area contributed by atoms with Crippen LogP contribution in [0.5, 0.6) is 5.88 Å². The number of benzene rings is 2. The second-order valence-corrected chi connectivity index (χ2v) is 9.95. The first-order chi connectivity index (χ1) is 21.7. The third-order valence-corrected chi connectivity index (χ3v) is 6.83. The minimum atomic E-state index is -0.686. The fraction of sp³-hybridized carbons (Fsp3) is 0.200. The SMILES string of the molecule is COC(=O)Nc1ccc(-c2cc([C@H](Cc3cc(OC)n(C)n3)NC(=O)/C=C/c3cc(C)ccc3-n3cnnn3)n[nH]c2=O)cc1. The van der Waals surface area contributed by atoms with E-state index in [2.05, 4.69) is 46.2 Å². The zero-order valence-corrected chi connectivity index (χ0v) is 24.9. The van der Waals surface area contributed by atoms with Gasteiger partial charge in [0.2, 0.25) is 11.8 Å². The lowest BCUT2D eigenvalue weighted by molar-refractivity contribution is -0.117. The summed E-state index contributed by atoms with van der Waals surface area (Å²) in [7, 11) is 4.56. The van der Waals surface area contributed by atoms with Crippen molar-refractivity contribution < 1.29 is 19.1 Å². The summed E-state index contributed by atoms with van der Waals surface area (Å²) < 4.78 is 13.1. The summed E-state index contributed by atoms with van der Waals surface area (Å²) in [5.74, 6) is 0.139. The third kappa shape index (κ3) is 7.27. The average Bonchev–Trinajstić information content (AvgIpc) is 3.70. The van der Waals surface area contributed by atoms with Gasteiger partial charge in [-0.15, -0.1) is 5.10 Å². The lowest BCUT2D eigenvalue weighted by Gasteiger charge is -2.17. The molecular formula is C30H30N10O5. The average molecular weight is 611 g/mol. The summed E-state index contributed by atoms with van der Waals surface area (Å²) in [6, 6.07) is 15.1. The molecule has 0 aliphatic carbocycles. The number of carbonyl (C=O) groups excluding carboxylic acids is 2. The predicted molar refractivity (Wildman–Crippen MR) is 164 cm³/mol. The van der Waals surface area contributed by atoms with Crippen molar-refractivity contribution in [3.63, 3.8) is 0 Å². The monoisotopic (exact) mass is 610 g/mol. The van der Waals surface area contributed by atoms with Crippen LogP contribution in [0.3, 0.4) is 0 Å². The van der Waals surface area contributed by atoms with E-state index in [4.69, 9.17) is 4.74 Å². The lowest BCUT2D eigenvalue weighted by Crippen LogP contribution is -2.30. The second-order valence-electron chi connectivity index (χ2n) is 9.95. The fourth-order valence-corrected chi connectivity index (χ4v) is 4.63. The molecule has 0 saturated heterocycles.